The molecule has 0 saturated heterocycles. The van der Waals surface area contributed by atoms with E-state index < -0.39 is 11.7 Å². The van der Waals surface area contributed by atoms with E-state index in [4.69, 9.17) is 4.74 Å². The maximum absolute atomic E-state index is 12.7. The Bertz CT molecular complexity index is 738. The zero-order chi connectivity index (χ0) is 18.0. The molecule has 25 heavy (non-hydrogen) atoms. The molecular weight excluding hydrogens is 333 g/mol. The highest BCUT2D eigenvalue weighted by atomic mass is 19.4. The maximum atomic E-state index is 12.7. The Balaban J connectivity index is 1.76. The van der Waals surface area contributed by atoms with Crippen LogP contribution in [0.2, 0.25) is 0 Å². The smallest absolute Gasteiger partial charge is 0.416 e. The second-order valence-electron chi connectivity index (χ2n) is 5.95. The largest absolute Gasteiger partial charge is 0.481 e. The van der Waals surface area contributed by atoms with Crippen molar-refractivity contribution in [3.63, 3.8) is 0 Å². The molecule has 1 saturated carbocycles. The Hall–Kier alpha value is -2.57. The normalized spacial score (nSPS) is 14.2. The van der Waals surface area contributed by atoms with Gasteiger partial charge < -0.3 is 9.64 Å². The first-order chi connectivity index (χ1) is 11.9. The zero-order valence-electron chi connectivity index (χ0n) is 13.6. The summed E-state index contributed by atoms with van der Waals surface area (Å²) in [6.45, 7) is 0.271. The first-order valence-corrected chi connectivity index (χ1v) is 7.85. The van der Waals surface area contributed by atoms with Crippen molar-refractivity contribution in [3.8, 4) is 5.88 Å². The van der Waals surface area contributed by atoms with Crippen molar-refractivity contribution in [1.82, 2.24) is 9.88 Å². The standard InChI is InChI=1S/C18H17F3N2O2/c1-25-16-9-4-13(10-22-16)17(24)23(15-7-8-15)11-12-2-5-14(6-3-12)18(19,20)21/h2-6,9-10,15H,7-8,11H2,1H3. The highest BCUT2D eigenvalue weighted by Crippen LogP contribution is 2.32. The highest BCUT2D eigenvalue weighted by molar-refractivity contribution is 5.94. The van der Waals surface area contributed by atoms with E-state index in [0.29, 0.717) is 17.0 Å². The van der Waals surface area contributed by atoms with Crippen LogP contribution in [0, 0.1) is 0 Å². The summed E-state index contributed by atoms with van der Waals surface area (Å²) in [4.78, 5) is 18.4. The molecule has 4 nitrogen and oxygen atoms in total. The molecule has 0 radical (unpaired) electrons. The number of amides is 1. The summed E-state index contributed by atoms with van der Waals surface area (Å²) in [6, 6.07) is 8.28. The van der Waals surface area contributed by atoms with Crippen LogP contribution in [-0.2, 0) is 12.7 Å². The summed E-state index contributed by atoms with van der Waals surface area (Å²) in [5.41, 5.74) is 0.397. The number of halogens is 3. The Kier molecular flexibility index (Phi) is 4.65. The van der Waals surface area contributed by atoms with Crippen molar-refractivity contribution in [1.29, 1.82) is 0 Å². The number of ether oxygens (including phenoxy) is 1. The lowest BCUT2D eigenvalue weighted by Crippen LogP contribution is -2.32. The van der Waals surface area contributed by atoms with Crippen LogP contribution in [0.1, 0.15) is 34.3 Å². The van der Waals surface area contributed by atoms with Crippen LogP contribution in [0.15, 0.2) is 42.6 Å². The minimum Gasteiger partial charge on any atom is -0.481 e. The first-order valence-electron chi connectivity index (χ1n) is 7.85. The van der Waals surface area contributed by atoms with Gasteiger partial charge in [0.25, 0.3) is 5.91 Å². The highest BCUT2D eigenvalue weighted by Gasteiger charge is 2.34. The molecule has 2 aromatic rings. The fourth-order valence-electron chi connectivity index (χ4n) is 2.54. The number of aromatic nitrogens is 1. The summed E-state index contributed by atoms with van der Waals surface area (Å²) >= 11 is 0. The summed E-state index contributed by atoms with van der Waals surface area (Å²) in [6.07, 6.45) is -1.12. The SMILES string of the molecule is COc1ccc(C(=O)N(Cc2ccc(C(F)(F)F)cc2)C2CC2)cn1. The Morgan fingerprint density at radius 2 is 1.88 bits per heavy atom. The number of carbonyl (C=O) groups excluding carboxylic acids is 1. The second kappa shape index (κ2) is 6.74. The second-order valence-corrected chi connectivity index (χ2v) is 5.95. The van der Waals surface area contributed by atoms with E-state index in [0.717, 1.165) is 25.0 Å². The number of hydrogen-bond donors (Lipinski definition) is 0. The predicted molar refractivity (Wildman–Crippen MR) is 85.1 cm³/mol. The van der Waals surface area contributed by atoms with Gasteiger partial charge in [-0.05, 0) is 36.6 Å². The number of benzene rings is 1. The zero-order valence-corrected chi connectivity index (χ0v) is 13.6. The molecule has 1 aromatic carbocycles. The third kappa shape index (κ3) is 4.10. The first kappa shape index (κ1) is 17.3. The molecule has 1 amide bonds. The minimum atomic E-state index is -4.36. The topological polar surface area (TPSA) is 42.4 Å². The monoisotopic (exact) mass is 350 g/mol. The summed E-state index contributed by atoms with van der Waals surface area (Å²) < 4.78 is 42.9. The molecule has 7 heteroatoms. The van der Waals surface area contributed by atoms with E-state index >= 15 is 0 Å². The third-order valence-corrected chi connectivity index (χ3v) is 4.08. The van der Waals surface area contributed by atoms with Gasteiger partial charge in [-0.3, -0.25) is 4.79 Å². The minimum absolute atomic E-state index is 0.122. The number of nitrogens with zero attached hydrogens (tertiary/aromatic N) is 2. The van der Waals surface area contributed by atoms with E-state index in [1.54, 1.807) is 17.0 Å². The van der Waals surface area contributed by atoms with Crippen LogP contribution in [0.4, 0.5) is 13.2 Å². The van der Waals surface area contributed by atoms with Crippen molar-refractivity contribution in [2.75, 3.05) is 7.11 Å². The van der Waals surface area contributed by atoms with Crippen molar-refractivity contribution in [2.24, 2.45) is 0 Å². The van der Waals surface area contributed by atoms with Crippen LogP contribution in [0.3, 0.4) is 0 Å². The third-order valence-electron chi connectivity index (χ3n) is 4.08. The number of rotatable bonds is 5. The number of pyridine rings is 1. The molecule has 0 bridgehead atoms. The Labute approximate surface area is 143 Å². The van der Waals surface area contributed by atoms with Gasteiger partial charge in [-0.1, -0.05) is 12.1 Å². The molecule has 1 aliphatic rings. The van der Waals surface area contributed by atoms with Crippen molar-refractivity contribution < 1.29 is 22.7 Å². The van der Waals surface area contributed by atoms with Gasteiger partial charge in [-0.2, -0.15) is 13.2 Å². The van der Waals surface area contributed by atoms with E-state index in [1.165, 1.54) is 25.4 Å². The molecule has 1 heterocycles. The molecule has 132 valence electrons. The number of hydrogen-bond acceptors (Lipinski definition) is 3. The quantitative estimate of drug-likeness (QED) is 0.821. The molecule has 0 atom stereocenters. The molecule has 0 aliphatic heterocycles. The average molecular weight is 350 g/mol. The fraction of sp³-hybridized carbons (Fsp3) is 0.333. The molecule has 1 aromatic heterocycles. The lowest BCUT2D eigenvalue weighted by molar-refractivity contribution is -0.137. The van der Waals surface area contributed by atoms with E-state index in [1.807, 2.05) is 0 Å². The van der Waals surface area contributed by atoms with Gasteiger partial charge in [0.15, 0.2) is 0 Å². The van der Waals surface area contributed by atoms with Crippen LogP contribution in [0.5, 0.6) is 5.88 Å². The molecule has 3 rings (SSSR count). The van der Waals surface area contributed by atoms with E-state index in [-0.39, 0.29) is 18.5 Å². The lowest BCUT2D eigenvalue weighted by atomic mass is 10.1. The molecular formula is C18H17F3N2O2. The van der Waals surface area contributed by atoms with Gasteiger partial charge in [0.05, 0.1) is 18.2 Å². The van der Waals surface area contributed by atoms with Gasteiger partial charge >= 0.3 is 6.18 Å². The predicted octanol–water partition coefficient (Wildman–Crippen LogP) is 3.91. The van der Waals surface area contributed by atoms with Crippen molar-refractivity contribution in [3.05, 3.63) is 59.3 Å². The molecule has 1 fully saturated rings. The van der Waals surface area contributed by atoms with Crippen LogP contribution >= 0.6 is 0 Å². The van der Waals surface area contributed by atoms with Crippen molar-refractivity contribution in [2.45, 2.75) is 31.6 Å². The molecule has 0 spiro atoms. The van der Waals surface area contributed by atoms with Gasteiger partial charge in [0, 0.05) is 24.8 Å². The lowest BCUT2D eigenvalue weighted by Gasteiger charge is -2.23. The Morgan fingerprint density at radius 1 is 1.20 bits per heavy atom. The average Bonchev–Trinajstić information content (AvgIpc) is 3.44. The number of methoxy groups -OCH3 is 1. The number of carbonyl (C=O) groups is 1. The number of alkyl halides is 3. The van der Waals surface area contributed by atoms with E-state index in [9.17, 15) is 18.0 Å². The summed E-state index contributed by atoms with van der Waals surface area (Å²) in [5, 5.41) is 0. The van der Waals surface area contributed by atoms with Gasteiger partial charge in [-0.15, -0.1) is 0 Å². The van der Waals surface area contributed by atoms with Crippen LogP contribution < -0.4 is 4.74 Å². The molecule has 1 aliphatic carbocycles. The summed E-state index contributed by atoms with van der Waals surface area (Å²) in [7, 11) is 1.49. The maximum Gasteiger partial charge on any atom is 0.416 e. The van der Waals surface area contributed by atoms with Crippen LogP contribution in [0.25, 0.3) is 0 Å². The summed E-state index contributed by atoms with van der Waals surface area (Å²) in [5.74, 6) is 0.231. The Morgan fingerprint density at radius 3 is 2.36 bits per heavy atom. The van der Waals surface area contributed by atoms with Gasteiger partial charge in [0.2, 0.25) is 5.88 Å². The molecule has 0 N–H and O–H groups in total. The van der Waals surface area contributed by atoms with Gasteiger partial charge in [0.1, 0.15) is 0 Å². The van der Waals surface area contributed by atoms with Gasteiger partial charge in [-0.25, -0.2) is 4.98 Å². The molecule has 0 unspecified atom stereocenters. The van der Waals surface area contributed by atoms with Crippen LogP contribution in [-0.4, -0.2) is 28.9 Å². The van der Waals surface area contributed by atoms with Crippen molar-refractivity contribution >= 4 is 5.91 Å². The fourth-order valence-corrected chi connectivity index (χ4v) is 2.54. The van der Waals surface area contributed by atoms with E-state index in [2.05, 4.69) is 4.98 Å².